The highest BCUT2D eigenvalue weighted by Crippen LogP contribution is 2.38. The summed E-state index contributed by atoms with van der Waals surface area (Å²) in [5.74, 6) is -0.390. The Bertz CT molecular complexity index is 747. The highest BCUT2D eigenvalue weighted by molar-refractivity contribution is 5.63. The van der Waals surface area contributed by atoms with E-state index in [-0.39, 0.29) is 11.7 Å². The van der Waals surface area contributed by atoms with Crippen LogP contribution in [-0.4, -0.2) is 11.2 Å². The zero-order valence-corrected chi connectivity index (χ0v) is 16.2. The lowest BCUT2D eigenvalue weighted by Crippen LogP contribution is -2.25. The molecule has 2 saturated carbocycles. The molecule has 0 bridgehead atoms. The van der Waals surface area contributed by atoms with Crippen LogP contribution < -0.4 is 0 Å². The minimum absolute atomic E-state index is 0.0276. The number of halogens is 3. The molecular formula is C24H29F3O. The minimum atomic E-state index is -0.976. The fraction of sp³-hybridized carbons (Fsp3) is 0.500. The molecule has 0 aliphatic heterocycles. The van der Waals surface area contributed by atoms with Crippen LogP contribution in [0.1, 0.15) is 57.8 Å². The van der Waals surface area contributed by atoms with E-state index in [4.69, 9.17) is 0 Å². The third-order valence-corrected chi connectivity index (χ3v) is 6.16. The Morgan fingerprint density at radius 3 is 1.93 bits per heavy atom. The first-order chi connectivity index (χ1) is 13.5. The van der Waals surface area contributed by atoms with Crippen molar-refractivity contribution < 1.29 is 18.3 Å². The average Bonchev–Trinajstić information content (AvgIpc) is 2.72. The van der Waals surface area contributed by atoms with Gasteiger partial charge in [-0.3, -0.25) is 0 Å². The SMILES string of the molecule is Fc1ccc(-c2ccccc2F)cc1F.OC1CCC(C2CCCCC2)CC1. The van der Waals surface area contributed by atoms with Crippen LogP contribution in [0.15, 0.2) is 42.5 Å². The van der Waals surface area contributed by atoms with Crippen LogP contribution in [-0.2, 0) is 0 Å². The van der Waals surface area contributed by atoms with E-state index in [1.54, 1.807) is 12.1 Å². The van der Waals surface area contributed by atoms with E-state index in [9.17, 15) is 18.3 Å². The van der Waals surface area contributed by atoms with Gasteiger partial charge in [0.15, 0.2) is 11.6 Å². The Labute approximate surface area is 165 Å². The molecule has 4 heteroatoms. The molecule has 2 aliphatic rings. The molecule has 0 amide bonds. The first kappa shape index (κ1) is 20.9. The largest absolute Gasteiger partial charge is 0.393 e. The Morgan fingerprint density at radius 2 is 1.29 bits per heavy atom. The molecule has 1 nitrogen and oxygen atoms in total. The van der Waals surface area contributed by atoms with Crippen molar-refractivity contribution in [3.05, 3.63) is 59.9 Å². The number of aliphatic hydroxyl groups is 1. The summed E-state index contributed by atoms with van der Waals surface area (Å²) in [5.41, 5.74) is 0.586. The second kappa shape index (κ2) is 10.1. The van der Waals surface area contributed by atoms with Crippen molar-refractivity contribution in [1.29, 1.82) is 0 Å². The number of hydrogen-bond donors (Lipinski definition) is 1. The Kier molecular flexibility index (Phi) is 7.55. The third-order valence-electron chi connectivity index (χ3n) is 6.16. The monoisotopic (exact) mass is 390 g/mol. The molecule has 0 unspecified atom stereocenters. The normalized spacial score (nSPS) is 23.0. The lowest BCUT2D eigenvalue weighted by Gasteiger charge is -2.34. The number of hydrogen-bond acceptors (Lipinski definition) is 1. The maximum atomic E-state index is 13.3. The number of benzene rings is 2. The van der Waals surface area contributed by atoms with Crippen LogP contribution >= 0.6 is 0 Å². The minimum Gasteiger partial charge on any atom is -0.393 e. The van der Waals surface area contributed by atoms with Crippen molar-refractivity contribution in [1.82, 2.24) is 0 Å². The predicted molar refractivity (Wildman–Crippen MR) is 106 cm³/mol. The first-order valence-corrected chi connectivity index (χ1v) is 10.4. The van der Waals surface area contributed by atoms with E-state index in [0.717, 1.165) is 36.8 Å². The Balaban J connectivity index is 0.000000162. The molecule has 2 fully saturated rings. The van der Waals surface area contributed by atoms with E-state index < -0.39 is 17.5 Å². The van der Waals surface area contributed by atoms with Gasteiger partial charge in [0, 0.05) is 5.56 Å². The predicted octanol–water partition coefficient (Wildman–Crippen LogP) is 6.89. The van der Waals surface area contributed by atoms with Crippen LogP contribution in [0.5, 0.6) is 0 Å². The van der Waals surface area contributed by atoms with Crippen molar-refractivity contribution in [3.8, 4) is 11.1 Å². The van der Waals surface area contributed by atoms with Gasteiger partial charge in [0.1, 0.15) is 5.82 Å². The summed E-state index contributed by atoms with van der Waals surface area (Å²) in [7, 11) is 0. The summed E-state index contributed by atoms with van der Waals surface area (Å²) in [6.07, 6.45) is 12.1. The zero-order chi connectivity index (χ0) is 19.9. The van der Waals surface area contributed by atoms with Crippen LogP contribution in [0.25, 0.3) is 11.1 Å². The highest BCUT2D eigenvalue weighted by Gasteiger charge is 2.27. The van der Waals surface area contributed by atoms with E-state index in [1.165, 1.54) is 63.1 Å². The molecule has 0 heterocycles. The van der Waals surface area contributed by atoms with Crippen LogP contribution in [0, 0.1) is 29.3 Å². The molecule has 2 aliphatic carbocycles. The molecule has 0 radical (unpaired) electrons. The van der Waals surface area contributed by atoms with Gasteiger partial charge in [-0.15, -0.1) is 0 Å². The van der Waals surface area contributed by atoms with Crippen LogP contribution in [0.2, 0.25) is 0 Å². The molecule has 0 aromatic heterocycles. The molecule has 0 saturated heterocycles. The molecule has 0 atom stereocenters. The highest BCUT2D eigenvalue weighted by atomic mass is 19.2. The third kappa shape index (κ3) is 5.60. The van der Waals surface area contributed by atoms with E-state index in [0.29, 0.717) is 5.56 Å². The average molecular weight is 390 g/mol. The number of aliphatic hydroxyl groups excluding tert-OH is 1. The molecule has 152 valence electrons. The summed E-state index contributed by atoms with van der Waals surface area (Å²) in [6, 6.07) is 9.28. The van der Waals surface area contributed by atoms with Gasteiger partial charge in [0.25, 0.3) is 0 Å². The Morgan fingerprint density at radius 1 is 0.643 bits per heavy atom. The van der Waals surface area contributed by atoms with Crippen LogP contribution in [0.3, 0.4) is 0 Å². The standard InChI is InChI=1S/C12H7F3.C12H22O/c13-10-4-2-1-3-9(10)8-5-6-11(14)12(15)7-8;13-12-8-6-11(7-9-12)10-4-2-1-3-5-10/h1-7H;10-13H,1-9H2. The van der Waals surface area contributed by atoms with Gasteiger partial charge in [-0.1, -0.05) is 56.4 Å². The fourth-order valence-corrected chi connectivity index (χ4v) is 4.54. The number of rotatable bonds is 2. The van der Waals surface area contributed by atoms with Gasteiger partial charge >= 0.3 is 0 Å². The van der Waals surface area contributed by atoms with Gasteiger partial charge in [0.05, 0.1) is 6.10 Å². The molecule has 4 rings (SSSR count). The molecule has 28 heavy (non-hydrogen) atoms. The van der Waals surface area contributed by atoms with E-state index in [2.05, 4.69) is 0 Å². The van der Waals surface area contributed by atoms with Crippen molar-refractivity contribution in [2.75, 3.05) is 0 Å². The summed E-state index contributed by atoms with van der Waals surface area (Å²) < 4.78 is 38.8. The fourth-order valence-electron chi connectivity index (χ4n) is 4.54. The lowest BCUT2D eigenvalue weighted by atomic mass is 9.73. The van der Waals surface area contributed by atoms with Crippen LogP contribution in [0.4, 0.5) is 13.2 Å². The smallest absolute Gasteiger partial charge is 0.159 e. The summed E-state index contributed by atoms with van der Waals surface area (Å²) >= 11 is 0. The topological polar surface area (TPSA) is 20.2 Å². The maximum Gasteiger partial charge on any atom is 0.159 e. The van der Waals surface area contributed by atoms with Gasteiger partial charge < -0.3 is 5.11 Å². The molecule has 0 spiro atoms. The first-order valence-electron chi connectivity index (χ1n) is 10.4. The van der Waals surface area contributed by atoms with Gasteiger partial charge in [-0.25, -0.2) is 13.2 Å². The molecular weight excluding hydrogens is 361 g/mol. The van der Waals surface area contributed by atoms with Crippen molar-refractivity contribution in [3.63, 3.8) is 0 Å². The second-order valence-electron chi connectivity index (χ2n) is 8.08. The molecule has 1 N–H and O–H groups in total. The summed E-state index contributed by atoms with van der Waals surface area (Å²) in [4.78, 5) is 0. The van der Waals surface area contributed by atoms with Crippen molar-refractivity contribution in [2.24, 2.45) is 11.8 Å². The quantitative estimate of drug-likeness (QED) is 0.592. The van der Waals surface area contributed by atoms with Gasteiger partial charge in [0.2, 0.25) is 0 Å². The maximum absolute atomic E-state index is 13.3. The summed E-state index contributed by atoms with van der Waals surface area (Å²) in [5, 5.41) is 9.43. The molecule has 2 aromatic carbocycles. The summed E-state index contributed by atoms with van der Waals surface area (Å²) in [6.45, 7) is 0. The van der Waals surface area contributed by atoms with E-state index >= 15 is 0 Å². The Hall–Kier alpha value is -1.81. The second-order valence-corrected chi connectivity index (χ2v) is 8.08. The molecule has 2 aromatic rings. The van der Waals surface area contributed by atoms with Crippen molar-refractivity contribution >= 4 is 0 Å². The van der Waals surface area contributed by atoms with Crippen molar-refractivity contribution in [2.45, 2.75) is 63.9 Å². The van der Waals surface area contributed by atoms with Gasteiger partial charge in [-0.05, 0) is 61.3 Å². The zero-order valence-electron chi connectivity index (χ0n) is 16.2. The lowest BCUT2D eigenvalue weighted by molar-refractivity contribution is 0.0822. The van der Waals surface area contributed by atoms with Gasteiger partial charge in [-0.2, -0.15) is 0 Å². The van der Waals surface area contributed by atoms with E-state index in [1.807, 2.05) is 0 Å².